The standard InChI is InChI=1S/C10H16F2N2O/c11-10(12)4-8(14-6-10)9(15)13-5-7-2-1-3-7/h7-8,14H,1-6H2,(H,13,15). The Morgan fingerprint density at radius 1 is 1.47 bits per heavy atom. The summed E-state index contributed by atoms with van der Waals surface area (Å²) in [6.45, 7) is 0.261. The zero-order chi connectivity index (χ0) is 10.9. The SMILES string of the molecule is O=C(NCC1CCC1)C1CC(F)(F)CN1. The molecule has 86 valence electrons. The number of halogens is 2. The average molecular weight is 218 g/mol. The van der Waals surface area contributed by atoms with Gasteiger partial charge >= 0.3 is 0 Å². The van der Waals surface area contributed by atoms with E-state index in [0.717, 1.165) is 12.8 Å². The summed E-state index contributed by atoms with van der Waals surface area (Å²) >= 11 is 0. The highest BCUT2D eigenvalue weighted by Gasteiger charge is 2.42. The van der Waals surface area contributed by atoms with Gasteiger partial charge in [0.2, 0.25) is 5.91 Å². The van der Waals surface area contributed by atoms with Gasteiger partial charge < -0.3 is 5.32 Å². The summed E-state index contributed by atoms with van der Waals surface area (Å²) in [4.78, 5) is 11.5. The first kappa shape index (κ1) is 10.8. The van der Waals surface area contributed by atoms with Crippen molar-refractivity contribution < 1.29 is 13.6 Å². The van der Waals surface area contributed by atoms with E-state index >= 15 is 0 Å². The van der Waals surface area contributed by atoms with Crippen molar-refractivity contribution in [2.24, 2.45) is 5.92 Å². The first-order valence-corrected chi connectivity index (χ1v) is 5.46. The molecule has 0 bridgehead atoms. The van der Waals surface area contributed by atoms with Crippen molar-refractivity contribution in [3.8, 4) is 0 Å². The van der Waals surface area contributed by atoms with Gasteiger partial charge in [-0.1, -0.05) is 6.42 Å². The fourth-order valence-corrected chi connectivity index (χ4v) is 1.97. The predicted octanol–water partition coefficient (Wildman–Crippen LogP) is 0.900. The second-order valence-electron chi connectivity index (χ2n) is 4.54. The second-order valence-corrected chi connectivity index (χ2v) is 4.54. The first-order valence-electron chi connectivity index (χ1n) is 5.46. The van der Waals surface area contributed by atoms with Crippen LogP contribution in [-0.2, 0) is 4.79 Å². The maximum Gasteiger partial charge on any atom is 0.262 e. The van der Waals surface area contributed by atoms with Gasteiger partial charge in [0.1, 0.15) is 0 Å². The molecule has 15 heavy (non-hydrogen) atoms. The van der Waals surface area contributed by atoms with Gasteiger partial charge in [-0.05, 0) is 18.8 Å². The molecular weight excluding hydrogens is 202 g/mol. The molecule has 2 aliphatic rings. The first-order chi connectivity index (χ1) is 7.07. The van der Waals surface area contributed by atoms with Crippen LogP contribution in [-0.4, -0.2) is 31.0 Å². The lowest BCUT2D eigenvalue weighted by Gasteiger charge is -2.26. The smallest absolute Gasteiger partial charge is 0.262 e. The van der Waals surface area contributed by atoms with Crippen molar-refractivity contribution in [1.82, 2.24) is 10.6 Å². The number of carbonyl (C=O) groups excluding carboxylic acids is 1. The van der Waals surface area contributed by atoms with Crippen LogP contribution < -0.4 is 10.6 Å². The molecule has 0 radical (unpaired) electrons. The van der Waals surface area contributed by atoms with Crippen LogP contribution in [0.4, 0.5) is 8.78 Å². The van der Waals surface area contributed by atoms with Gasteiger partial charge in [-0.25, -0.2) is 8.78 Å². The van der Waals surface area contributed by atoms with Crippen molar-refractivity contribution >= 4 is 5.91 Å². The van der Waals surface area contributed by atoms with Gasteiger partial charge in [0.05, 0.1) is 12.6 Å². The van der Waals surface area contributed by atoms with E-state index in [2.05, 4.69) is 10.6 Å². The highest BCUT2D eigenvalue weighted by molar-refractivity contribution is 5.82. The van der Waals surface area contributed by atoms with Crippen LogP contribution in [0.2, 0.25) is 0 Å². The van der Waals surface area contributed by atoms with Crippen molar-refractivity contribution in [2.45, 2.75) is 37.6 Å². The van der Waals surface area contributed by atoms with Gasteiger partial charge in [0.15, 0.2) is 0 Å². The van der Waals surface area contributed by atoms with Crippen molar-refractivity contribution in [2.75, 3.05) is 13.1 Å². The molecule has 1 saturated carbocycles. The van der Waals surface area contributed by atoms with E-state index in [4.69, 9.17) is 0 Å². The molecule has 3 nitrogen and oxygen atoms in total. The lowest BCUT2D eigenvalue weighted by Crippen LogP contribution is -2.43. The van der Waals surface area contributed by atoms with Crippen molar-refractivity contribution in [3.05, 3.63) is 0 Å². The number of hydrogen-bond donors (Lipinski definition) is 2. The fraction of sp³-hybridized carbons (Fsp3) is 0.900. The Morgan fingerprint density at radius 3 is 2.67 bits per heavy atom. The van der Waals surface area contributed by atoms with Crippen molar-refractivity contribution in [3.63, 3.8) is 0 Å². The van der Waals surface area contributed by atoms with Gasteiger partial charge in [0, 0.05) is 13.0 Å². The van der Waals surface area contributed by atoms with E-state index in [-0.39, 0.29) is 18.9 Å². The van der Waals surface area contributed by atoms with E-state index in [0.29, 0.717) is 12.5 Å². The summed E-state index contributed by atoms with van der Waals surface area (Å²) in [7, 11) is 0. The van der Waals surface area contributed by atoms with Crippen LogP contribution >= 0.6 is 0 Å². The summed E-state index contributed by atoms with van der Waals surface area (Å²) in [5.41, 5.74) is 0. The van der Waals surface area contributed by atoms with E-state index in [1.807, 2.05) is 0 Å². The molecule has 0 spiro atoms. The maximum atomic E-state index is 12.8. The third-order valence-corrected chi connectivity index (χ3v) is 3.22. The highest BCUT2D eigenvalue weighted by Crippen LogP contribution is 2.26. The number of carbonyl (C=O) groups is 1. The monoisotopic (exact) mass is 218 g/mol. The summed E-state index contributed by atoms with van der Waals surface area (Å²) in [5, 5.41) is 5.27. The molecule has 1 aliphatic heterocycles. The quantitative estimate of drug-likeness (QED) is 0.739. The summed E-state index contributed by atoms with van der Waals surface area (Å²) < 4.78 is 25.6. The molecule has 1 atom stereocenters. The largest absolute Gasteiger partial charge is 0.354 e. The van der Waals surface area contributed by atoms with Crippen molar-refractivity contribution in [1.29, 1.82) is 0 Å². The molecule has 1 unspecified atom stereocenters. The highest BCUT2D eigenvalue weighted by atomic mass is 19.3. The number of alkyl halides is 2. The number of hydrogen-bond acceptors (Lipinski definition) is 2. The van der Waals surface area contributed by atoms with Crippen LogP contribution in [0, 0.1) is 5.92 Å². The Morgan fingerprint density at radius 2 is 2.20 bits per heavy atom. The van der Waals surface area contributed by atoms with Gasteiger partial charge in [-0.3, -0.25) is 10.1 Å². The molecule has 1 saturated heterocycles. The Labute approximate surface area is 87.6 Å². The van der Waals surface area contributed by atoms with Crippen LogP contribution in [0.25, 0.3) is 0 Å². The molecule has 5 heteroatoms. The molecule has 0 aromatic carbocycles. The lowest BCUT2D eigenvalue weighted by molar-refractivity contribution is -0.123. The minimum atomic E-state index is -2.72. The average Bonchev–Trinajstić information content (AvgIpc) is 2.43. The van der Waals surface area contributed by atoms with Crippen LogP contribution in [0.1, 0.15) is 25.7 Å². The zero-order valence-electron chi connectivity index (χ0n) is 8.56. The summed E-state index contributed by atoms with van der Waals surface area (Å²) in [5.74, 6) is -2.44. The van der Waals surface area contributed by atoms with Crippen LogP contribution in [0.15, 0.2) is 0 Å². The lowest BCUT2D eigenvalue weighted by atomic mass is 9.85. The normalized spacial score (nSPS) is 29.9. The van der Waals surface area contributed by atoms with Crippen LogP contribution in [0.5, 0.6) is 0 Å². The van der Waals surface area contributed by atoms with Gasteiger partial charge in [-0.15, -0.1) is 0 Å². The molecule has 2 fully saturated rings. The van der Waals surface area contributed by atoms with E-state index in [1.165, 1.54) is 6.42 Å². The van der Waals surface area contributed by atoms with Gasteiger partial charge in [-0.2, -0.15) is 0 Å². The summed E-state index contributed by atoms with van der Waals surface area (Å²) in [6, 6.07) is -0.708. The Kier molecular flexibility index (Phi) is 2.91. The number of amides is 1. The maximum absolute atomic E-state index is 12.8. The topological polar surface area (TPSA) is 41.1 Å². The van der Waals surface area contributed by atoms with Crippen LogP contribution in [0.3, 0.4) is 0 Å². The summed E-state index contributed by atoms with van der Waals surface area (Å²) in [6.07, 6.45) is 3.15. The van der Waals surface area contributed by atoms with E-state index in [1.54, 1.807) is 0 Å². The minimum Gasteiger partial charge on any atom is -0.354 e. The Bertz CT molecular complexity index is 254. The third-order valence-electron chi connectivity index (χ3n) is 3.22. The molecule has 2 N–H and O–H groups in total. The minimum absolute atomic E-state index is 0.279. The molecule has 0 aromatic heterocycles. The predicted molar refractivity (Wildman–Crippen MR) is 51.7 cm³/mol. The Hall–Kier alpha value is -0.710. The van der Waals surface area contributed by atoms with E-state index in [9.17, 15) is 13.6 Å². The van der Waals surface area contributed by atoms with E-state index < -0.39 is 12.0 Å². The zero-order valence-corrected chi connectivity index (χ0v) is 8.56. The molecule has 1 heterocycles. The molecule has 1 aliphatic carbocycles. The second kappa shape index (κ2) is 4.04. The molecule has 1 amide bonds. The van der Waals surface area contributed by atoms with Gasteiger partial charge in [0.25, 0.3) is 5.92 Å². The molecule has 2 rings (SSSR count). The number of rotatable bonds is 3. The Balaban J connectivity index is 1.71. The molecule has 0 aromatic rings. The third kappa shape index (κ3) is 2.65. The molecular formula is C10H16F2N2O. The fourth-order valence-electron chi connectivity index (χ4n) is 1.97. The number of nitrogens with one attached hydrogen (secondary N) is 2.